The van der Waals surface area contributed by atoms with Crippen molar-refractivity contribution in [3.05, 3.63) is 59.4 Å². The molecule has 0 fully saturated rings. The van der Waals surface area contributed by atoms with E-state index in [0.29, 0.717) is 12.2 Å². The number of aromatic nitrogens is 2. The van der Waals surface area contributed by atoms with Gasteiger partial charge in [0.25, 0.3) is 5.91 Å². The molecule has 26 heavy (non-hydrogen) atoms. The minimum Gasteiger partial charge on any atom is -0.494 e. The Balaban J connectivity index is 1.68. The average molecular weight is 350 g/mol. The standard InChI is InChI=1S/C20H22N4O2/c1-4-24-14(3)22-18-12-16(8-11-19(18)24)20(25)23-21-13-15-6-9-17(10-7-15)26-5-2/h6-13H,4-5H2,1-3H3,(H,23,25)/b21-13+. The van der Waals surface area contributed by atoms with Crippen molar-refractivity contribution in [1.82, 2.24) is 15.0 Å². The van der Waals surface area contributed by atoms with Gasteiger partial charge in [-0.1, -0.05) is 0 Å². The van der Waals surface area contributed by atoms with Gasteiger partial charge in [-0.25, -0.2) is 10.4 Å². The number of fused-ring (bicyclic) bond motifs is 1. The molecule has 1 amide bonds. The Kier molecular flexibility index (Phi) is 5.31. The summed E-state index contributed by atoms with van der Waals surface area (Å²) in [7, 11) is 0. The van der Waals surface area contributed by atoms with Crippen molar-refractivity contribution >= 4 is 23.2 Å². The molecule has 3 rings (SSSR count). The number of amides is 1. The molecule has 1 N–H and O–H groups in total. The van der Waals surface area contributed by atoms with Crippen molar-refractivity contribution in [2.24, 2.45) is 5.10 Å². The minimum atomic E-state index is -0.266. The number of carbonyl (C=O) groups is 1. The molecule has 1 aromatic heterocycles. The summed E-state index contributed by atoms with van der Waals surface area (Å²) in [6.07, 6.45) is 1.60. The highest BCUT2D eigenvalue weighted by molar-refractivity contribution is 5.97. The van der Waals surface area contributed by atoms with Gasteiger partial charge in [0.05, 0.1) is 23.9 Å². The van der Waals surface area contributed by atoms with Gasteiger partial charge in [-0.15, -0.1) is 0 Å². The average Bonchev–Trinajstić information content (AvgIpc) is 2.97. The van der Waals surface area contributed by atoms with Gasteiger partial charge < -0.3 is 9.30 Å². The molecule has 0 aliphatic carbocycles. The maximum Gasteiger partial charge on any atom is 0.271 e. The van der Waals surface area contributed by atoms with Crippen LogP contribution in [0.1, 0.15) is 35.6 Å². The molecule has 0 aliphatic rings. The lowest BCUT2D eigenvalue weighted by molar-refractivity contribution is 0.0955. The summed E-state index contributed by atoms with van der Waals surface area (Å²) in [5, 5.41) is 4.02. The van der Waals surface area contributed by atoms with Crippen LogP contribution in [0.15, 0.2) is 47.6 Å². The lowest BCUT2D eigenvalue weighted by atomic mass is 10.2. The Morgan fingerprint density at radius 3 is 2.69 bits per heavy atom. The normalized spacial score (nSPS) is 11.2. The molecule has 0 unspecified atom stereocenters. The van der Waals surface area contributed by atoms with Crippen LogP contribution in [0, 0.1) is 6.92 Å². The van der Waals surface area contributed by atoms with Crippen molar-refractivity contribution in [1.29, 1.82) is 0 Å². The zero-order valence-corrected chi connectivity index (χ0v) is 15.2. The number of carbonyl (C=O) groups excluding carboxylic acids is 1. The van der Waals surface area contributed by atoms with E-state index in [9.17, 15) is 4.79 Å². The maximum absolute atomic E-state index is 12.3. The molecule has 0 saturated carbocycles. The summed E-state index contributed by atoms with van der Waals surface area (Å²) < 4.78 is 7.50. The van der Waals surface area contributed by atoms with Gasteiger partial charge >= 0.3 is 0 Å². The van der Waals surface area contributed by atoms with E-state index in [1.807, 2.05) is 44.2 Å². The summed E-state index contributed by atoms with van der Waals surface area (Å²) in [6, 6.07) is 13.0. The van der Waals surface area contributed by atoms with Gasteiger partial charge in [-0.3, -0.25) is 4.79 Å². The zero-order chi connectivity index (χ0) is 18.5. The predicted molar refractivity (Wildman–Crippen MR) is 103 cm³/mol. The lowest BCUT2D eigenvalue weighted by Gasteiger charge is -2.03. The Hall–Kier alpha value is -3.15. The first kappa shape index (κ1) is 17.7. The third-order valence-electron chi connectivity index (χ3n) is 4.09. The van der Waals surface area contributed by atoms with E-state index < -0.39 is 0 Å². The van der Waals surface area contributed by atoms with Crippen LogP contribution in [0.5, 0.6) is 5.75 Å². The van der Waals surface area contributed by atoms with Crippen LogP contribution in [-0.2, 0) is 6.54 Å². The van der Waals surface area contributed by atoms with Gasteiger partial charge in [-0.05, 0) is 68.8 Å². The van der Waals surface area contributed by atoms with Crippen LogP contribution in [0.3, 0.4) is 0 Å². The predicted octanol–water partition coefficient (Wildman–Crippen LogP) is 3.53. The Morgan fingerprint density at radius 2 is 2.00 bits per heavy atom. The van der Waals surface area contributed by atoms with E-state index in [1.165, 1.54) is 0 Å². The first-order chi connectivity index (χ1) is 12.6. The largest absolute Gasteiger partial charge is 0.494 e. The molecular weight excluding hydrogens is 328 g/mol. The molecule has 1 heterocycles. The quantitative estimate of drug-likeness (QED) is 0.546. The monoisotopic (exact) mass is 350 g/mol. The van der Waals surface area contributed by atoms with Crippen LogP contribution >= 0.6 is 0 Å². The number of hydrazone groups is 1. The van der Waals surface area contributed by atoms with Crippen LogP contribution in [-0.4, -0.2) is 28.3 Å². The Morgan fingerprint density at radius 1 is 1.23 bits per heavy atom. The molecular formula is C20H22N4O2. The zero-order valence-electron chi connectivity index (χ0n) is 15.2. The topological polar surface area (TPSA) is 68.5 Å². The van der Waals surface area contributed by atoms with E-state index in [1.54, 1.807) is 18.3 Å². The van der Waals surface area contributed by atoms with Crippen molar-refractivity contribution < 1.29 is 9.53 Å². The first-order valence-electron chi connectivity index (χ1n) is 8.65. The molecule has 6 heteroatoms. The minimum absolute atomic E-state index is 0.266. The van der Waals surface area contributed by atoms with Crippen molar-refractivity contribution in [3.8, 4) is 5.75 Å². The number of rotatable bonds is 6. The Labute approximate surface area is 152 Å². The van der Waals surface area contributed by atoms with Gasteiger partial charge in [0.2, 0.25) is 0 Å². The van der Waals surface area contributed by atoms with E-state index >= 15 is 0 Å². The fraction of sp³-hybridized carbons (Fsp3) is 0.250. The van der Waals surface area contributed by atoms with Crippen LogP contribution in [0.4, 0.5) is 0 Å². The van der Waals surface area contributed by atoms with Gasteiger partial charge in [0.1, 0.15) is 11.6 Å². The third kappa shape index (κ3) is 3.74. The van der Waals surface area contributed by atoms with Crippen LogP contribution < -0.4 is 10.2 Å². The lowest BCUT2D eigenvalue weighted by Crippen LogP contribution is -2.17. The second-order valence-electron chi connectivity index (χ2n) is 5.81. The summed E-state index contributed by atoms with van der Waals surface area (Å²) in [4.78, 5) is 16.8. The van der Waals surface area contributed by atoms with E-state index in [0.717, 1.165) is 34.7 Å². The second kappa shape index (κ2) is 7.82. The van der Waals surface area contributed by atoms with E-state index in [4.69, 9.17) is 4.74 Å². The molecule has 0 aliphatic heterocycles. The van der Waals surface area contributed by atoms with Gasteiger partial charge in [-0.2, -0.15) is 5.10 Å². The van der Waals surface area contributed by atoms with E-state index in [2.05, 4.69) is 27.0 Å². The Bertz CT molecular complexity index is 942. The molecule has 6 nitrogen and oxygen atoms in total. The summed E-state index contributed by atoms with van der Waals surface area (Å²) in [5.41, 5.74) is 5.80. The number of aryl methyl sites for hydroxylation is 2. The fourth-order valence-corrected chi connectivity index (χ4v) is 2.84. The number of benzene rings is 2. The number of ether oxygens (including phenoxy) is 1. The molecule has 134 valence electrons. The van der Waals surface area contributed by atoms with Crippen LogP contribution in [0.2, 0.25) is 0 Å². The maximum atomic E-state index is 12.3. The second-order valence-corrected chi connectivity index (χ2v) is 5.81. The fourth-order valence-electron chi connectivity index (χ4n) is 2.84. The van der Waals surface area contributed by atoms with Crippen molar-refractivity contribution in [3.63, 3.8) is 0 Å². The third-order valence-corrected chi connectivity index (χ3v) is 4.09. The number of hydrogen-bond acceptors (Lipinski definition) is 4. The smallest absolute Gasteiger partial charge is 0.271 e. The summed E-state index contributed by atoms with van der Waals surface area (Å²) >= 11 is 0. The molecule has 0 radical (unpaired) electrons. The molecule has 0 spiro atoms. The van der Waals surface area contributed by atoms with E-state index in [-0.39, 0.29) is 5.91 Å². The first-order valence-corrected chi connectivity index (χ1v) is 8.65. The SMILES string of the molecule is CCOc1ccc(/C=N/NC(=O)c2ccc3c(c2)nc(C)n3CC)cc1. The molecule has 0 saturated heterocycles. The molecule has 0 atom stereocenters. The highest BCUT2D eigenvalue weighted by Crippen LogP contribution is 2.17. The van der Waals surface area contributed by atoms with Gasteiger partial charge in [0, 0.05) is 12.1 Å². The highest BCUT2D eigenvalue weighted by Gasteiger charge is 2.10. The van der Waals surface area contributed by atoms with Crippen molar-refractivity contribution in [2.45, 2.75) is 27.3 Å². The number of nitrogens with zero attached hydrogens (tertiary/aromatic N) is 3. The molecule has 0 bridgehead atoms. The number of imidazole rings is 1. The van der Waals surface area contributed by atoms with Gasteiger partial charge in [0.15, 0.2) is 0 Å². The molecule has 2 aromatic carbocycles. The van der Waals surface area contributed by atoms with Crippen molar-refractivity contribution in [2.75, 3.05) is 6.61 Å². The summed E-state index contributed by atoms with van der Waals surface area (Å²) in [5.74, 6) is 1.48. The number of nitrogens with one attached hydrogen (secondary N) is 1. The summed E-state index contributed by atoms with van der Waals surface area (Å²) in [6.45, 7) is 7.45. The molecule has 3 aromatic rings. The number of hydrogen-bond donors (Lipinski definition) is 1. The highest BCUT2D eigenvalue weighted by atomic mass is 16.5. The van der Waals surface area contributed by atoms with Crippen LogP contribution in [0.25, 0.3) is 11.0 Å².